The Balaban J connectivity index is 0.000000172. The molecule has 14 heteroatoms. The summed E-state index contributed by atoms with van der Waals surface area (Å²) in [5, 5.41) is 11.5. The van der Waals surface area contributed by atoms with Crippen LogP contribution in [0.25, 0.3) is 0 Å². The number of hydrogen-bond donors (Lipinski definition) is 2. The molecule has 2 saturated heterocycles. The Morgan fingerprint density at radius 1 is 0.607 bits per heavy atom. The number of hydrogen-bond acceptors (Lipinski definition) is 12. The predicted molar refractivity (Wildman–Crippen MR) is 210 cm³/mol. The van der Waals surface area contributed by atoms with Gasteiger partial charge in [-0.25, -0.2) is 19.6 Å². The maximum atomic E-state index is 11.9. The van der Waals surface area contributed by atoms with Gasteiger partial charge in [0, 0.05) is 46.7 Å². The lowest BCUT2D eigenvalue weighted by Gasteiger charge is -2.18. The van der Waals surface area contributed by atoms with Crippen LogP contribution >= 0.6 is 22.7 Å². The monoisotopic (exact) mass is 782 g/mol. The summed E-state index contributed by atoms with van der Waals surface area (Å²) >= 11 is 3.12. The second-order valence-electron chi connectivity index (χ2n) is 12.5. The lowest BCUT2D eigenvalue weighted by Crippen LogP contribution is -2.19. The molecule has 2 aliphatic heterocycles. The van der Waals surface area contributed by atoms with Crippen molar-refractivity contribution >= 4 is 34.9 Å². The van der Waals surface area contributed by atoms with Gasteiger partial charge in [-0.3, -0.25) is 9.97 Å². The maximum absolute atomic E-state index is 11.9. The van der Waals surface area contributed by atoms with E-state index in [9.17, 15) is 9.59 Å². The van der Waals surface area contributed by atoms with Crippen molar-refractivity contribution in [1.82, 2.24) is 30.6 Å². The fourth-order valence-corrected chi connectivity index (χ4v) is 7.11. The molecule has 0 bridgehead atoms. The van der Waals surface area contributed by atoms with Gasteiger partial charge < -0.3 is 29.6 Å². The molecule has 6 aromatic rings. The summed E-state index contributed by atoms with van der Waals surface area (Å²) in [5.41, 5.74) is 6.29. The lowest BCUT2D eigenvalue weighted by atomic mass is 9.96. The Bertz CT molecular complexity index is 2340. The Kier molecular flexibility index (Phi) is 11.5. The number of aromatic nitrogens is 4. The molecular weight excluding hydrogens is 749 g/mol. The third kappa shape index (κ3) is 9.13. The number of ether oxygens (including phenoxy) is 4. The average Bonchev–Trinajstić information content (AvgIpc) is 4.04. The minimum atomic E-state index is -0.478. The highest BCUT2D eigenvalue weighted by atomic mass is 32.1. The van der Waals surface area contributed by atoms with Gasteiger partial charge in [0.15, 0.2) is 12.2 Å². The van der Waals surface area contributed by atoms with E-state index in [2.05, 4.69) is 54.3 Å². The van der Waals surface area contributed by atoms with Crippen LogP contribution in [0.5, 0.6) is 11.5 Å². The van der Waals surface area contributed by atoms with Crippen molar-refractivity contribution in [3.05, 3.63) is 151 Å². The van der Waals surface area contributed by atoms with Crippen LogP contribution in [0.2, 0.25) is 0 Å². The van der Waals surface area contributed by atoms with E-state index < -0.39 is 24.4 Å². The molecule has 0 aliphatic carbocycles. The first-order valence-corrected chi connectivity index (χ1v) is 19.0. The van der Waals surface area contributed by atoms with Crippen LogP contribution in [0.1, 0.15) is 79.1 Å². The molecule has 2 aliphatic rings. The maximum Gasteiger partial charge on any atom is 0.408 e. The molecule has 280 valence electrons. The topological polar surface area (TPSA) is 147 Å². The third-order valence-corrected chi connectivity index (χ3v) is 10.2. The summed E-state index contributed by atoms with van der Waals surface area (Å²) < 4.78 is 21.6. The lowest BCUT2D eigenvalue weighted by molar-refractivity contribution is 0.131. The number of benzene rings is 2. The van der Waals surface area contributed by atoms with Crippen LogP contribution < -0.4 is 20.1 Å². The van der Waals surface area contributed by atoms with E-state index in [-0.39, 0.29) is 12.1 Å². The van der Waals surface area contributed by atoms with E-state index in [4.69, 9.17) is 18.9 Å². The standard InChI is InChI=1S/2C21H17N3O3S/c2*1-13-23-17(12-28-13)7-6-14-8-16(11-22-10-14)19-20(27-21(25)24-19)15-4-3-5-18(9-15)26-2/h2*3-5,8-12,19-20H,1-2H3,(H,24,25)/t2*19-,20-/m10/s1. The van der Waals surface area contributed by atoms with E-state index >= 15 is 0 Å². The van der Waals surface area contributed by atoms with E-state index in [1.54, 1.807) is 61.7 Å². The molecule has 8 rings (SSSR count). The molecule has 56 heavy (non-hydrogen) atoms. The second-order valence-corrected chi connectivity index (χ2v) is 14.6. The van der Waals surface area contributed by atoms with Gasteiger partial charge in [0.25, 0.3) is 0 Å². The van der Waals surface area contributed by atoms with E-state index in [0.717, 1.165) is 54.8 Å². The van der Waals surface area contributed by atoms with Gasteiger partial charge in [0.05, 0.1) is 24.2 Å². The van der Waals surface area contributed by atoms with Gasteiger partial charge in [0.1, 0.15) is 35.0 Å². The Morgan fingerprint density at radius 2 is 1.05 bits per heavy atom. The molecule has 0 radical (unpaired) electrons. The normalized spacial score (nSPS) is 18.0. The number of amides is 2. The molecule has 12 nitrogen and oxygen atoms in total. The summed E-state index contributed by atoms with van der Waals surface area (Å²) in [6.07, 6.45) is 4.92. The van der Waals surface area contributed by atoms with Gasteiger partial charge in [-0.05, 0) is 84.3 Å². The molecule has 2 aromatic carbocycles. The minimum Gasteiger partial charge on any atom is -0.497 e. The van der Waals surface area contributed by atoms with Crippen LogP contribution in [0, 0.1) is 37.5 Å². The number of aryl methyl sites for hydroxylation is 2. The zero-order valence-electron chi connectivity index (χ0n) is 30.6. The van der Waals surface area contributed by atoms with E-state index in [0.29, 0.717) is 11.5 Å². The van der Waals surface area contributed by atoms with Crippen molar-refractivity contribution in [3.8, 4) is 35.2 Å². The Morgan fingerprint density at radius 3 is 1.45 bits per heavy atom. The number of nitrogens with zero attached hydrogens (tertiary/aromatic N) is 4. The van der Waals surface area contributed by atoms with Gasteiger partial charge >= 0.3 is 12.2 Å². The molecule has 6 heterocycles. The highest BCUT2D eigenvalue weighted by Crippen LogP contribution is 2.39. The van der Waals surface area contributed by atoms with Crippen LogP contribution in [0.4, 0.5) is 9.59 Å². The Labute approximate surface area is 331 Å². The number of methoxy groups -OCH3 is 2. The molecule has 0 unspecified atom stereocenters. The molecule has 2 N–H and O–H groups in total. The van der Waals surface area contributed by atoms with E-state index in [1.165, 1.54) is 0 Å². The number of cyclic esters (lactones) is 2. The summed E-state index contributed by atoms with van der Waals surface area (Å²) in [7, 11) is 3.21. The van der Waals surface area contributed by atoms with Crippen LogP contribution in [-0.4, -0.2) is 46.3 Å². The largest absolute Gasteiger partial charge is 0.497 e. The highest BCUT2D eigenvalue weighted by molar-refractivity contribution is 7.09. The fraction of sp³-hybridized carbons (Fsp3) is 0.190. The third-order valence-electron chi connectivity index (χ3n) is 8.61. The van der Waals surface area contributed by atoms with E-state index in [1.807, 2.05) is 85.3 Å². The van der Waals surface area contributed by atoms with Gasteiger partial charge in [0.2, 0.25) is 0 Å². The number of pyridine rings is 2. The zero-order valence-corrected chi connectivity index (χ0v) is 32.2. The molecule has 2 fully saturated rings. The summed E-state index contributed by atoms with van der Waals surface area (Å²) in [6, 6.07) is 18.1. The van der Waals surface area contributed by atoms with Crippen LogP contribution in [0.15, 0.2) is 96.2 Å². The Hall–Kier alpha value is -6.74. The number of carbonyl (C=O) groups is 2. The SMILES string of the molecule is COc1cccc([C@@H]2OC(=O)N[C@H]2c2cncc(C#Cc3csc(C)n3)c2)c1.COc1cccc([C@H]2OC(=O)N[C@@H]2c2cncc(C#Cc3csc(C)n3)c2)c1. The molecule has 2 amide bonds. The van der Waals surface area contributed by atoms with Crippen molar-refractivity contribution < 1.29 is 28.5 Å². The quantitative estimate of drug-likeness (QED) is 0.162. The van der Waals surface area contributed by atoms with Crippen molar-refractivity contribution in [1.29, 1.82) is 0 Å². The molecule has 4 atom stereocenters. The first kappa shape index (κ1) is 37.6. The molecule has 0 saturated carbocycles. The number of alkyl carbamates (subject to hydrolysis) is 2. The smallest absolute Gasteiger partial charge is 0.408 e. The second kappa shape index (κ2) is 17.2. The number of thiazole rings is 2. The fourth-order valence-electron chi connectivity index (χ4n) is 6.02. The first-order chi connectivity index (χ1) is 27.2. The summed E-state index contributed by atoms with van der Waals surface area (Å²) in [6.45, 7) is 3.89. The molecule has 0 spiro atoms. The molecule has 4 aromatic heterocycles. The van der Waals surface area contributed by atoms with Crippen LogP contribution in [0.3, 0.4) is 0 Å². The number of nitrogens with one attached hydrogen (secondary N) is 2. The van der Waals surface area contributed by atoms with Gasteiger partial charge in [-0.1, -0.05) is 36.1 Å². The zero-order chi connectivity index (χ0) is 39.0. The minimum absolute atomic E-state index is 0.365. The van der Waals surface area contributed by atoms with Gasteiger partial charge in [-0.15, -0.1) is 22.7 Å². The number of carbonyl (C=O) groups excluding carboxylic acids is 2. The van der Waals surface area contributed by atoms with Gasteiger partial charge in [-0.2, -0.15) is 0 Å². The summed E-state index contributed by atoms with van der Waals surface area (Å²) in [5.74, 6) is 13.7. The van der Waals surface area contributed by atoms with Crippen molar-refractivity contribution in [2.75, 3.05) is 14.2 Å². The van der Waals surface area contributed by atoms with Crippen LogP contribution in [-0.2, 0) is 9.47 Å². The predicted octanol–water partition coefficient (Wildman–Crippen LogP) is 7.55. The van der Waals surface area contributed by atoms with Crippen molar-refractivity contribution in [3.63, 3.8) is 0 Å². The highest BCUT2D eigenvalue weighted by Gasteiger charge is 2.38. The van der Waals surface area contributed by atoms with Crippen molar-refractivity contribution in [2.24, 2.45) is 0 Å². The first-order valence-electron chi connectivity index (χ1n) is 17.2. The molecular formula is C42H34N6O6S2. The number of rotatable bonds is 6. The average molecular weight is 783 g/mol. The summed E-state index contributed by atoms with van der Waals surface area (Å²) in [4.78, 5) is 41.1. The van der Waals surface area contributed by atoms with Crippen molar-refractivity contribution in [2.45, 2.75) is 38.1 Å².